The number of anilines is 1. The zero-order valence-electron chi connectivity index (χ0n) is 16.8. The third kappa shape index (κ3) is 3.22. The van der Waals surface area contributed by atoms with Crippen molar-refractivity contribution in [2.24, 2.45) is 0 Å². The summed E-state index contributed by atoms with van der Waals surface area (Å²) in [6.07, 6.45) is 6.09. The number of amides is 3. The molecular weight excluding hydrogens is 421 g/mol. The molecule has 2 aromatic rings. The smallest absolute Gasteiger partial charge is 0.234 e. The van der Waals surface area contributed by atoms with Gasteiger partial charge in [-0.1, -0.05) is 29.8 Å². The SMILES string of the molecule is O=C1CCC(c2cccc(-c3cnc(N4C(=O)CCC45CCC5)c(F)c3)c2Cl)C(=O)N1. The summed E-state index contributed by atoms with van der Waals surface area (Å²) in [6.45, 7) is 0. The van der Waals surface area contributed by atoms with E-state index in [4.69, 9.17) is 11.6 Å². The lowest BCUT2D eigenvalue weighted by molar-refractivity contribution is -0.134. The summed E-state index contributed by atoms with van der Waals surface area (Å²) in [5.74, 6) is -1.80. The van der Waals surface area contributed by atoms with Gasteiger partial charge < -0.3 is 0 Å². The molecule has 6 nitrogen and oxygen atoms in total. The van der Waals surface area contributed by atoms with E-state index in [-0.39, 0.29) is 35.5 Å². The summed E-state index contributed by atoms with van der Waals surface area (Å²) in [4.78, 5) is 42.1. The van der Waals surface area contributed by atoms with Crippen molar-refractivity contribution in [3.63, 3.8) is 0 Å². The molecule has 2 saturated heterocycles. The molecule has 3 amide bonds. The topological polar surface area (TPSA) is 79.4 Å². The van der Waals surface area contributed by atoms with E-state index in [2.05, 4.69) is 10.3 Å². The fourth-order valence-electron chi connectivity index (χ4n) is 5.00. The minimum atomic E-state index is -0.568. The Labute approximate surface area is 183 Å². The van der Waals surface area contributed by atoms with Gasteiger partial charge in [0.05, 0.1) is 10.9 Å². The van der Waals surface area contributed by atoms with Crippen LogP contribution in [0.1, 0.15) is 56.4 Å². The summed E-state index contributed by atoms with van der Waals surface area (Å²) in [5, 5.41) is 2.67. The van der Waals surface area contributed by atoms with Crippen LogP contribution in [0.3, 0.4) is 0 Å². The van der Waals surface area contributed by atoms with Crippen molar-refractivity contribution in [1.29, 1.82) is 0 Å². The van der Waals surface area contributed by atoms with Gasteiger partial charge in [-0.25, -0.2) is 9.37 Å². The van der Waals surface area contributed by atoms with Crippen LogP contribution >= 0.6 is 11.6 Å². The molecule has 3 aliphatic rings. The number of hydrogen-bond donors (Lipinski definition) is 1. The van der Waals surface area contributed by atoms with Gasteiger partial charge in [0.15, 0.2) is 11.6 Å². The van der Waals surface area contributed by atoms with E-state index in [0.717, 1.165) is 25.7 Å². The van der Waals surface area contributed by atoms with Crippen LogP contribution < -0.4 is 10.2 Å². The quantitative estimate of drug-likeness (QED) is 0.727. The maximum Gasteiger partial charge on any atom is 0.234 e. The molecule has 5 rings (SSSR count). The second-order valence-electron chi connectivity index (χ2n) is 8.55. The van der Waals surface area contributed by atoms with Gasteiger partial charge in [-0.3, -0.25) is 24.6 Å². The lowest BCUT2D eigenvalue weighted by Crippen LogP contribution is -2.51. The van der Waals surface area contributed by atoms with Crippen molar-refractivity contribution in [3.8, 4) is 11.1 Å². The van der Waals surface area contributed by atoms with Crippen LogP contribution in [0.5, 0.6) is 0 Å². The van der Waals surface area contributed by atoms with E-state index < -0.39 is 11.7 Å². The van der Waals surface area contributed by atoms with Gasteiger partial charge in [-0.2, -0.15) is 0 Å². The molecule has 2 aliphatic heterocycles. The molecule has 160 valence electrons. The Morgan fingerprint density at radius 2 is 1.97 bits per heavy atom. The molecule has 1 aromatic carbocycles. The maximum absolute atomic E-state index is 15.2. The summed E-state index contributed by atoms with van der Waals surface area (Å²) < 4.78 is 15.2. The zero-order chi connectivity index (χ0) is 21.8. The first-order valence-corrected chi connectivity index (χ1v) is 10.9. The second-order valence-corrected chi connectivity index (χ2v) is 8.93. The highest BCUT2D eigenvalue weighted by atomic mass is 35.5. The minimum absolute atomic E-state index is 0.0726. The van der Waals surface area contributed by atoms with Crippen molar-refractivity contribution in [1.82, 2.24) is 10.3 Å². The molecular formula is C23H21ClFN3O3. The maximum atomic E-state index is 15.2. The molecule has 1 spiro atoms. The average Bonchev–Trinajstić information content (AvgIpc) is 3.06. The number of imide groups is 1. The Hall–Kier alpha value is -2.80. The summed E-state index contributed by atoms with van der Waals surface area (Å²) in [6, 6.07) is 6.57. The molecule has 1 unspecified atom stereocenters. The van der Waals surface area contributed by atoms with Crippen LogP contribution in [0.15, 0.2) is 30.5 Å². The van der Waals surface area contributed by atoms with E-state index in [0.29, 0.717) is 34.6 Å². The van der Waals surface area contributed by atoms with Crippen LogP contribution in [0, 0.1) is 5.82 Å². The predicted octanol–water partition coefficient (Wildman–Crippen LogP) is 4.11. The van der Waals surface area contributed by atoms with Crippen LogP contribution in [0.4, 0.5) is 10.2 Å². The van der Waals surface area contributed by atoms with Crippen LogP contribution in [-0.2, 0) is 14.4 Å². The van der Waals surface area contributed by atoms with Crippen LogP contribution in [0.25, 0.3) is 11.1 Å². The zero-order valence-corrected chi connectivity index (χ0v) is 17.5. The third-order valence-corrected chi connectivity index (χ3v) is 7.22. The standard InChI is InChI=1S/C23H21ClFN3O3/c24-20-14(3-1-4-15(20)16-5-6-18(29)27-22(16)31)13-11-17(25)21(26-12-13)28-19(30)7-10-23(28)8-2-9-23/h1,3-4,11-12,16H,2,5-10H2,(H,27,29,31). The van der Waals surface area contributed by atoms with Gasteiger partial charge in [0.1, 0.15) is 0 Å². The molecule has 1 atom stereocenters. The molecule has 3 heterocycles. The van der Waals surface area contributed by atoms with E-state index in [1.165, 1.54) is 12.3 Å². The first kappa shape index (κ1) is 20.1. The number of pyridine rings is 1. The Morgan fingerprint density at radius 1 is 1.16 bits per heavy atom. The van der Waals surface area contributed by atoms with Gasteiger partial charge in [0, 0.05) is 35.7 Å². The Balaban J connectivity index is 1.49. The van der Waals surface area contributed by atoms with Gasteiger partial charge in [-0.15, -0.1) is 0 Å². The van der Waals surface area contributed by atoms with Crippen molar-refractivity contribution in [2.45, 2.75) is 56.4 Å². The lowest BCUT2D eigenvalue weighted by atomic mass is 9.75. The highest BCUT2D eigenvalue weighted by Crippen LogP contribution is 2.48. The van der Waals surface area contributed by atoms with Gasteiger partial charge in [-0.05, 0) is 43.7 Å². The Kier molecular flexibility index (Phi) is 4.81. The number of carbonyl (C=O) groups is 3. The monoisotopic (exact) mass is 441 g/mol. The number of benzene rings is 1. The number of aromatic nitrogens is 1. The average molecular weight is 442 g/mol. The minimum Gasteiger partial charge on any atom is -0.296 e. The fraction of sp³-hybridized carbons (Fsp3) is 0.391. The molecule has 1 N–H and O–H groups in total. The molecule has 1 aliphatic carbocycles. The molecule has 31 heavy (non-hydrogen) atoms. The van der Waals surface area contributed by atoms with Gasteiger partial charge in [0.2, 0.25) is 17.7 Å². The number of rotatable bonds is 3. The van der Waals surface area contributed by atoms with Crippen LogP contribution in [-0.4, -0.2) is 28.2 Å². The molecule has 0 bridgehead atoms. The number of hydrogen-bond acceptors (Lipinski definition) is 4. The van der Waals surface area contributed by atoms with Gasteiger partial charge >= 0.3 is 0 Å². The first-order chi connectivity index (χ1) is 14.9. The van der Waals surface area contributed by atoms with Crippen molar-refractivity contribution in [2.75, 3.05) is 4.90 Å². The number of nitrogens with one attached hydrogen (secondary N) is 1. The van der Waals surface area contributed by atoms with Crippen molar-refractivity contribution in [3.05, 3.63) is 46.9 Å². The van der Waals surface area contributed by atoms with Crippen LogP contribution in [0.2, 0.25) is 5.02 Å². The van der Waals surface area contributed by atoms with E-state index in [9.17, 15) is 14.4 Å². The van der Waals surface area contributed by atoms with Crippen molar-refractivity contribution >= 4 is 35.1 Å². The van der Waals surface area contributed by atoms with E-state index in [1.807, 2.05) is 0 Å². The number of piperidine rings is 1. The highest BCUT2D eigenvalue weighted by molar-refractivity contribution is 6.34. The number of nitrogens with zero attached hydrogens (tertiary/aromatic N) is 2. The van der Waals surface area contributed by atoms with E-state index >= 15 is 4.39 Å². The summed E-state index contributed by atoms with van der Waals surface area (Å²) >= 11 is 6.62. The molecule has 8 heteroatoms. The molecule has 0 radical (unpaired) electrons. The predicted molar refractivity (Wildman–Crippen MR) is 113 cm³/mol. The molecule has 1 saturated carbocycles. The Bertz CT molecular complexity index is 1120. The normalized spacial score (nSPS) is 22.6. The molecule has 3 fully saturated rings. The lowest BCUT2D eigenvalue weighted by Gasteiger charge is -2.45. The largest absolute Gasteiger partial charge is 0.296 e. The third-order valence-electron chi connectivity index (χ3n) is 6.80. The first-order valence-electron chi connectivity index (χ1n) is 10.5. The fourth-order valence-corrected chi connectivity index (χ4v) is 5.37. The summed E-state index contributed by atoms with van der Waals surface area (Å²) in [5.41, 5.74) is 1.33. The summed E-state index contributed by atoms with van der Waals surface area (Å²) in [7, 11) is 0. The van der Waals surface area contributed by atoms with Gasteiger partial charge in [0.25, 0.3) is 0 Å². The van der Waals surface area contributed by atoms with E-state index in [1.54, 1.807) is 23.1 Å². The highest BCUT2D eigenvalue weighted by Gasteiger charge is 2.51. The second kappa shape index (κ2) is 7.41. The Morgan fingerprint density at radius 3 is 2.65 bits per heavy atom. The molecule has 1 aromatic heterocycles. The van der Waals surface area contributed by atoms with Crippen molar-refractivity contribution < 1.29 is 18.8 Å². The number of halogens is 2. The number of carbonyl (C=O) groups excluding carboxylic acids is 3.